The number of ether oxygens (including phenoxy) is 3. The minimum absolute atomic E-state index is 0.0152. The van der Waals surface area contributed by atoms with Gasteiger partial charge in [-0.15, -0.1) is 0 Å². The highest BCUT2D eigenvalue weighted by Crippen LogP contribution is 2.43. The van der Waals surface area contributed by atoms with Gasteiger partial charge in [-0.05, 0) is 24.0 Å². The number of carbonyl (C=O) groups excluding carboxylic acids is 2. The Bertz CT molecular complexity index is 1030. The molecule has 1 atom stereocenters. The van der Waals surface area contributed by atoms with E-state index in [4.69, 9.17) is 14.2 Å². The number of methoxy groups -OCH3 is 1. The average molecular weight is 480 g/mol. The maximum absolute atomic E-state index is 13.2. The van der Waals surface area contributed by atoms with Crippen molar-refractivity contribution in [3.63, 3.8) is 0 Å². The van der Waals surface area contributed by atoms with Crippen LogP contribution in [0.15, 0.2) is 60.7 Å². The summed E-state index contributed by atoms with van der Waals surface area (Å²) in [7, 11) is 1.60. The van der Waals surface area contributed by atoms with E-state index in [-0.39, 0.29) is 32.2 Å². The predicted octanol–water partition coefficient (Wildman–Crippen LogP) is 2.88. The zero-order valence-electron chi connectivity index (χ0n) is 20.2. The van der Waals surface area contributed by atoms with Crippen LogP contribution in [0.2, 0.25) is 0 Å². The van der Waals surface area contributed by atoms with Crippen LogP contribution in [0.1, 0.15) is 24.0 Å². The Balaban J connectivity index is 1.24. The number of hydrogen-bond acceptors (Lipinski definition) is 6. The number of nitrogens with zero attached hydrogens (tertiary/aromatic N) is 3. The number of hydrogen-bond donors (Lipinski definition) is 0. The second-order valence-electron chi connectivity index (χ2n) is 9.80. The van der Waals surface area contributed by atoms with Crippen LogP contribution < -0.4 is 0 Å². The van der Waals surface area contributed by atoms with Crippen molar-refractivity contribution in [1.82, 2.24) is 14.7 Å². The summed E-state index contributed by atoms with van der Waals surface area (Å²) < 4.78 is 17.8. The second-order valence-corrected chi connectivity index (χ2v) is 9.80. The second kappa shape index (κ2) is 9.97. The Morgan fingerprint density at radius 1 is 0.971 bits per heavy atom. The van der Waals surface area contributed by atoms with Gasteiger partial charge < -0.3 is 19.1 Å². The molecule has 8 heteroatoms. The first-order valence-electron chi connectivity index (χ1n) is 12.2. The fourth-order valence-corrected chi connectivity index (χ4v) is 5.50. The molecule has 0 bridgehead atoms. The molecule has 3 heterocycles. The van der Waals surface area contributed by atoms with Crippen molar-refractivity contribution in [3.05, 3.63) is 71.8 Å². The number of piperidine rings is 1. The van der Waals surface area contributed by atoms with E-state index >= 15 is 0 Å². The monoisotopic (exact) mass is 479 g/mol. The summed E-state index contributed by atoms with van der Waals surface area (Å²) in [6.45, 7) is 3.80. The Hall–Kier alpha value is -2.94. The number of likely N-dealkylation sites (tertiary alicyclic amines) is 1. The number of carbonyl (C=O) groups is 2. The Kier molecular flexibility index (Phi) is 6.77. The van der Waals surface area contributed by atoms with Gasteiger partial charge in [-0.1, -0.05) is 60.7 Å². The quantitative estimate of drug-likeness (QED) is 0.635. The van der Waals surface area contributed by atoms with Gasteiger partial charge in [-0.2, -0.15) is 0 Å². The summed E-state index contributed by atoms with van der Waals surface area (Å²) in [6.07, 6.45) is 1.14. The number of fused-ring (bicyclic) bond motifs is 1. The maximum atomic E-state index is 13.2. The molecule has 5 rings (SSSR count). The highest BCUT2D eigenvalue weighted by atomic mass is 16.6. The molecule has 186 valence electrons. The third-order valence-corrected chi connectivity index (χ3v) is 7.26. The third kappa shape index (κ3) is 5.05. The van der Waals surface area contributed by atoms with E-state index in [0.29, 0.717) is 6.54 Å². The average Bonchev–Trinajstić information content (AvgIpc) is 3.20. The van der Waals surface area contributed by atoms with Gasteiger partial charge in [0.15, 0.2) is 5.72 Å². The molecule has 0 saturated carbocycles. The normalized spacial score (nSPS) is 24.0. The van der Waals surface area contributed by atoms with Crippen LogP contribution in [0.3, 0.4) is 0 Å². The van der Waals surface area contributed by atoms with E-state index in [1.165, 1.54) is 10.5 Å². The molecular weight excluding hydrogens is 446 g/mol. The summed E-state index contributed by atoms with van der Waals surface area (Å²) in [5.74, 6) is -0.131. The van der Waals surface area contributed by atoms with Crippen LogP contribution in [-0.2, 0) is 32.2 Å². The number of piperazine rings is 1. The van der Waals surface area contributed by atoms with Crippen LogP contribution in [-0.4, -0.2) is 84.5 Å². The van der Waals surface area contributed by atoms with Gasteiger partial charge in [0.2, 0.25) is 5.91 Å². The fraction of sp³-hybridized carbons (Fsp3) is 0.481. The summed E-state index contributed by atoms with van der Waals surface area (Å²) in [6, 6.07) is 20.0. The van der Waals surface area contributed by atoms with Gasteiger partial charge >= 0.3 is 6.09 Å². The zero-order valence-corrected chi connectivity index (χ0v) is 20.2. The first kappa shape index (κ1) is 23.8. The molecule has 2 aromatic carbocycles. The van der Waals surface area contributed by atoms with Crippen molar-refractivity contribution in [1.29, 1.82) is 0 Å². The highest BCUT2D eigenvalue weighted by molar-refractivity contribution is 5.84. The van der Waals surface area contributed by atoms with E-state index in [0.717, 1.165) is 38.0 Å². The molecule has 3 fully saturated rings. The molecule has 0 aliphatic carbocycles. The van der Waals surface area contributed by atoms with Gasteiger partial charge in [0, 0.05) is 26.7 Å². The van der Waals surface area contributed by atoms with Crippen LogP contribution in [0.5, 0.6) is 0 Å². The van der Waals surface area contributed by atoms with Crippen LogP contribution in [0, 0.1) is 0 Å². The van der Waals surface area contributed by atoms with E-state index in [2.05, 4.69) is 29.2 Å². The number of amides is 2. The van der Waals surface area contributed by atoms with Gasteiger partial charge in [0.1, 0.15) is 13.2 Å². The molecule has 35 heavy (non-hydrogen) atoms. The summed E-state index contributed by atoms with van der Waals surface area (Å²) in [5.41, 5.74) is 0.780. The molecule has 8 nitrogen and oxygen atoms in total. The van der Waals surface area contributed by atoms with Crippen LogP contribution in [0.4, 0.5) is 4.79 Å². The molecular formula is C27H33N3O5. The molecule has 2 aromatic rings. The lowest BCUT2D eigenvalue weighted by Crippen LogP contribution is -2.65. The van der Waals surface area contributed by atoms with Crippen LogP contribution >= 0.6 is 0 Å². The third-order valence-electron chi connectivity index (χ3n) is 7.26. The highest BCUT2D eigenvalue weighted by Gasteiger charge is 2.60. The lowest BCUT2D eigenvalue weighted by molar-refractivity contribution is -0.201. The molecule has 0 radical (unpaired) electrons. The molecule has 1 unspecified atom stereocenters. The zero-order chi connectivity index (χ0) is 24.3. The smallest absolute Gasteiger partial charge is 0.410 e. The molecule has 0 N–H and O–H groups in total. The molecule has 3 aliphatic rings. The van der Waals surface area contributed by atoms with E-state index in [9.17, 15) is 9.59 Å². The van der Waals surface area contributed by atoms with Gasteiger partial charge in [-0.25, -0.2) is 4.79 Å². The Morgan fingerprint density at radius 3 is 2.29 bits per heavy atom. The maximum Gasteiger partial charge on any atom is 0.410 e. The fourth-order valence-electron chi connectivity index (χ4n) is 5.50. The van der Waals surface area contributed by atoms with Crippen molar-refractivity contribution < 1.29 is 23.8 Å². The van der Waals surface area contributed by atoms with Crippen molar-refractivity contribution in [2.45, 2.75) is 37.3 Å². The van der Waals surface area contributed by atoms with Gasteiger partial charge in [0.05, 0.1) is 25.3 Å². The number of benzene rings is 2. The van der Waals surface area contributed by atoms with E-state index in [1.807, 2.05) is 36.4 Å². The first-order valence-corrected chi connectivity index (χ1v) is 12.2. The standard InChI is InChI=1S/C27H33N3O5/c1-33-21-27-20-29(25(32)34-18-23-10-6-3-7-11-23)17-24(31)30(27)19-26(35-27)12-14-28(15-13-26)16-22-8-4-2-5-9-22/h2-11H,12-21H2,1H3. The van der Waals surface area contributed by atoms with Gasteiger partial charge in [-0.3, -0.25) is 14.6 Å². The van der Waals surface area contributed by atoms with Crippen molar-refractivity contribution in [3.8, 4) is 0 Å². The Labute approximate surface area is 206 Å². The van der Waals surface area contributed by atoms with Crippen molar-refractivity contribution >= 4 is 12.0 Å². The summed E-state index contributed by atoms with van der Waals surface area (Å²) in [4.78, 5) is 31.7. The molecule has 3 saturated heterocycles. The van der Waals surface area contributed by atoms with Crippen molar-refractivity contribution in [2.24, 2.45) is 0 Å². The minimum Gasteiger partial charge on any atom is -0.445 e. The van der Waals surface area contributed by atoms with Gasteiger partial charge in [0.25, 0.3) is 0 Å². The topological polar surface area (TPSA) is 71.5 Å². The molecule has 3 aliphatic heterocycles. The summed E-state index contributed by atoms with van der Waals surface area (Å²) >= 11 is 0. The molecule has 2 amide bonds. The predicted molar refractivity (Wildman–Crippen MR) is 129 cm³/mol. The first-order chi connectivity index (χ1) is 17.0. The van der Waals surface area contributed by atoms with Crippen molar-refractivity contribution in [2.75, 3.05) is 46.4 Å². The lowest BCUT2D eigenvalue weighted by Gasteiger charge is -2.44. The Morgan fingerprint density at radius 2 is 1.63 bits per heavy atom. The summed E-state index contributed by atoms with van der Waals surface area (Å²) in [5, 5.41) is 0. The molecule has 1 spiro atoms. The lowest BCUT2D eigenvalue weighted by atomic mass is 9.91. The molecule has 0 aromatic heterocycles. The number of rotatable bonds is 6. The largest absolute Gasteiger partial charge is 0.445 e. The van der Waals surface area contributed by atoms with E-state index < -0.39 is 17.4 Å². The SMILES string of the molecule is COCC12CN(C(=O)OCc3ccccc3)CC(=O)N1CC1(CCN(Cc3ccccc3)CC1)O2. The van der Waals surface area contributed by atoms with Crippen LogP contribution in [0.25, 0.3) is 0 Å². The van der Waals surface area contributed by atoms with E-state index in [1.54, 1.807) is 12.0 Å². The minimum atomic E-state index is -0.989.